The molecule has 1 saturated heterocycles. The highest BCUT2D eigenvalue weighted by Crippen LogP contribution is 2.23. The molecule has 5 nitrogen and oxygen atoms in total. The number of anilines is 1. The SMILES string of the molecule is CCc1nccn1CC1CN(c2ncc(Cl)cn2)C1. The van der Waals surface area contributed by atoms with Crippen LogP contribution in [0.25, 0.3) is 0 Å². The summed E-state index contributed by atoms with van der Waals surface area (Å²) >= 11 is 5.78. The maximum absolute atomic E-state index is 5.78. The fourth-order valence-corrected chi connectivity index (χ4v) is 2.51. The molecule has 2 aromatic heterocycles. The van der Waals surface area contributed by atoms with Crippen LogP contribution in [0.3, 0.4) is 0 Å². The molecule has 0 amide bonds. The third-order valence-corrected chi connectivity index (χ3v) is 3.61. The van der Waals surface area contributed by atoms with Crippen LogP contribution < -0.4 is 4.90 Å². The molecule has 0 N–H and O–H groups in total. The van der Waals surface area contributed by atoms with Crippen molar-refractivity contribution in [1.82, 2.24) is 19.5 Å². The van der Waals surface area contributed by atoms with Gasteiger partial charge in [0.15, 0.2) is 0 Å². The molecule has 0 aliphatic carbocycles. The average molecular weight is 278 g/mol. The molecule has 0 aromatic carbocycles. The lowest BCUT2D eigenvalue weighted by Gasteiger charge is -2.39. The van der Waals surface area contributed by atoms with Gasteiger partial charge in [0.25, 0.3) is 0 Å². The Bertz CT molecular complexity index is 544. The maximum atomic E-state index is 5.78. The minimum atomic E-state index is 0.576. The number of hydrogen-bond donors (Lipinski definition) is 0. The smallest absolute Gasteiger partial charge is 0.225 e. The molecule has 1 aliphatic rings. The predicted octanol–water partition coefficient (Wildman–Crippen LogP) is 2.03. The van der Waals surface area contributed by atoms with Crippen molar-refractivity contribution in [3.63, 3.8) is 0 Å². The highest BCUT2D eigenvalue weighted by Gasteiger charge is 2.29. The third kappa shape index (κ3) is 2.56. The Hall–Kier alpha value is -1.62. The van der Waals surface area contributed by atoms with E-state index in [-0.39, 0.29) is 0 Å². The summed E-state index contributed by atoms with van der Waals surface area (Å²) in [5.41, 5.74) is 0. The highest BCUT2D eigenvalue weighted by atomic mass is 35.5. The van der Waals surface area contributed by atoms with Gasteiger partial charge in [0.05, 0.1) is 17.4 Å². The highest BCUT2D eigenvalue weighted by molar-refractivity contribution is 6.30. The van der Waals surface area contributed by atoms with Gasteiger partial charge in [0, 0.05) is 44.4 Å². The Labute approximate surface area is 117 Å². The molecule has 0 atom stereocenters. The van der Waals surface area contributed by atoms with Crippen LogP contribution >= 0.6 is 11.6 Å². The number of nitrogens with zero attached hydrogens (tertiary/aromatic N) is 5. The van der Waals surface area contributed by atoms with Crippen molar-refractivity contribution in [1.29, 1.82) is 0 Å². The summed E-state index contributed by atoms with van der Waals surface area (Å²) in [5.74, 6) is 2.56. The van der Waals surface area contributed by atoms with Crippen LogP contribution in [0.2, 0.25) is 5.02 Å². The van der Waals surface area contributed by atoms with Gasteiger partial charge in [0.1, 0.15) is 5.82 Å². The van der Waals surface area contributed by atoms with E-state index in [1.807, 2.05) is 6.20 Å². The average Bonchev–Trinajstić information content (AvgIpc) is 2.82. The van der Waals surface area contributed by atoms with Gasteiger partial charge in [-0.3, -0.25) is 0 Å². The van der Waals surface area contributed by atoms with Crippen LogP contribution in [0, 0.1) is 5.92 Å². The normalized spacial score (nSPS) is 15.6. The van der Waals surface area contributed by atoms with E-state index in [9.17, 15) is 0 Å². The number of halogens is 1. The molecule has 3 rings (SSSR count). The Balaban J connectivity index is 1.57. The number of aromatic nitrogens is 4. The van der Waals surface area contributed by atoms with Crippen molar-refractivity contribution in [2.75, 3.05) is 18.0 Å². The number of hydrogen-bond acceptors (Lipinski definition) is 4. The molecule has 0 radical (unpaired) electrons. The van der Waals surface area contributed by atoms with E-state index in [2.05, 4.69) is 37.5 Å². The predicted molar refractivity (Wildman–Crippen MR) is 74.4 cm³/mol. The molecule has 6 heteroatoms. The van der Waals surface area contributed by atoms with Gasteiger partial charge < -0.3 is 9.47 Å². The maximum Gasteiger partial charge on any atom is 0.225 e. The number of imidazole rings is 1. The second kappa shape index (κ2) is 5.17. The van der Waals surface area contributed by atoms with E-state index in [0.717, 1.165) is 37.8 Å². The quantitative estimate of drug-likeness (QED) is 0.858. The van der Waals surface area contributed by atoms with Gasteiger partial charge in [-0.25, -0.2) is 15.0 Å². The monoisotopic (exact) mass is 277 g/mol. The van der Waals surface area contributed by atoms with E-state index >= 15 is 0 Å². The first-order valence-corrected chi connectivity index (χ1v) is 6.86. The number of aryl methyl sites for hydroxylation is 1. The van der Waals surface area contributed by atoms with Crippen molar-refractivity contribution in [2.24, 2.45) is 5.92 Å². The van der Waals surface area contributed by atoms with Crippen LogP contribution in [0.4, 0.5) is 5.95 Å². The van der Waals surface area contributed by atoms with Gasteiger partial charge >= 0.3 is 0 Å². The minimum absolute atomic E-state index is 0.576. The van der Waals surface area contributed by atoms with Crippen LogP contribution in [-0.4, -0.2) is 32.6 Å². The second-order valence-corrected chi connectivity index (χ2v) is 5.26. The van der Waals surface area contributed by atoms with E-state index in [4.69, 9.17) is 11.6 Å². The summed E-state index contributed by atoms with van der Waals surface area (Å²) in [6, 6.07) is 0. The van der Waals surface area contributed by atoms with E-state index in [1.165, 1.54) is 0 Å². The van der Waals surface area contributed by atoms with Gasteiger partial charge in [-0.05, 0) is 0 Å². The first kappa shape index (κ1) is 12.4. The molecule has 1 aliphatic heterocycles. The summed E-state index contributed by atoms with van der Waals surface area (Å²) in [7, 11) is 0. The lowest BCUT2D eigenvalue weighted by Crippen LogP contribution is -2.49. The largest absolute Gasteiger partial charge is 0.340 e. The second-order valence-electron chi connectivity index (χ2n) is 4.82. The van der Waals surface area contributed by atoms with E-state index in [0.29, 0.717) is 10.9 Å². The third-order valence-electron chi connectivity index (χ3n) is 3.42. The molecule has 19 heavy (non-hydrogen) atoms. The zero-order chi connectivity index (χ0) is 13.2. The van der Waals surface area contributed by atoms with Crippen molar-refractivity contribution >= 4 is 17.5 Å². The van der Waals surface area contributed by atoms with Gasteiger partial charge in [-0.1, -0.05) is 18.5 Å². The molecule has 3 heterocycles. The lowest BCUT2D eigenvalue weighted by atomic mass is 10.0. The van der Waals surface area contributed by atoms with Gasteiger partial charge in [-0.2, -0.15) is 0 Å². The summed E-state index contributed by atoms with van der Waals surface area (Å²) in [6.45, 7) is 5.13. The van der Waals surface area contributed by atoms with Crippen molar-refractivity contribution < 1.29 is 0 Å². The molecule has 0 saturated carbocycles. The summed E-state index contributed by atoms with van der Waals surface area (Å²) in [5, 5.41) is 0.576. The number of rotatable bonds is 4. The van der Waals surface area contributed by atoms with Crippen LogP contribution in [0.15, 0.2) is 24.8 Å². The molecule has 100 valence electrons. The Morgan fingerprint density at radius 1 is 1.26 bits per heavy atom. The zero-order valence-electron chi connectivity index (χ0n) is 10.8. The Kier molecular flexibility index (Phi) is 3.38. The van der Waals surface area contributed by atoms with Gasteiger partial charge in [-0.15, -0.1) is 0 Å². The fourth-order valence-electron chi connectivity index (χ4n) is 2.42. The molecule has 2 aromatic rings. The first-order chi connectivity index (χ1) is 9.26. The van der Waals surface area contributed by atoms with Crippen molar-refractivity contribution in [3.8, 4) is 0 Å². The first-order valence-electron chi connectivity index (χ1n) is 6.48. The van der Waals surface area contributed by atoms with Crippen LogP contribution in [0.5, 0.6) is 0 Å². The van der Waals surface area contributed by atoms with Crippen LogP contribution in [0.1, 0.15) is 12.7 Å². The van der Waals surface area contributed by atoms with E-state index in [1.54, 1.807) is 12.4 Å². The molecule has 0 spiro atoms. The van der Waals surface area contributed by atoms with Crippen molar-refractivity contribution in [3.05, 3.63) is 35.6 Å². The van der Waals surface area contributed by atoms with Crippen LogP contribution in [-0.2, 0) is 13.0 Å². The summed E-state index contributed by atoms with van der Waals surface area (Å²) in [4.78, 5) is 15.0. The zero-order valence-corrected chi connectivity index (χ0v) is 11.6. The summed E-state index contributed by atoms with van der Waals surface area (Å²) < 4.78 is 2.24. The Morgan fingerprint density at radius 2 is 2.00 bits per heavy atom. The Morgan fingerprint density at radius 3 is 2.68 bits per heavy atom. The minimum Gasteiger partial charge on any atom is -0.340 e. The fraction of sp³-hybridized carbons (Fsp3) is 0.462. The van der Waals surface area contributed by atoms with E-state index < -0.39 is 0 Å². The standard InChI is InChI=1S/C13H16ClN5/c1-2-12-15-3-4-18(12)7-10-8-19(9-10)13-16-5-11(14)6-17-13/h3-6,10H,2,7-9H2,1H3. The van der Waals surface area contributed by atoms with Gasteiger partial charge in [0.2, 0.25) is 5.95 Å². The van der Waals surface area contributed by atoms with Crippen molar-refractivity contribution in [2.45, 2.75) is 19.9 Å². The summed E-state index contributed by atoms with van der Waals surface area (Å²) in [6.07, 6.45) is 8.19. The lowest BCUT2D eigenvalue weighted by molar-refractivity contribution is 0.348. The molecule has 0 bridgehead atoms. The molecular formula is C13H16ClN5. The molecule has 1 fully saturated rings. The topological polar surface area (TPSA) is 46.8 Å². The molecule has 0 unspecified atom stereocenters. The molecular weight excluding hydrogens is 262 g/mol.